The summed E-state index contributed by atoms with van der Waals surface area (Å²) in [5, 5.41) is 16.2. The van der Waals surface area contributed by atoms with Crippen LogP contribution in [0.4, 0.5) is 0 Å². The Balaban J connectivity index is 1.89. The summed E-state index contributed by atoms with van der Waals surface area (Å²) < 4.78 is 5.29. The first-order valence-corrected chi connectivity index (χ1v) is 8.41. The molecule has 2 aromatic rings. The third kappa shape index (κ3) is 5.50. The van der Waals surface area contributed by atoms with Crippen molar-refractivity contribution in [3.63, 3.8) is 0 Å². The molecule has 1 unspecified atom stereocenters. The monoisotopic (exact) mass is 341 g/mol. The van der Waals surface area contributed by atoms with E-state index in [0.717, 1.165) is 22.4 Å². The number of aryl methyl sites for hydroxylation is 1. The maximum absolute atomic E-state index is 9.64. The Bertz CT molecular complexity index is 687. The van der Waals surface area contributed by atoms with Crippen LogP contribution in [0, 0.1) is 6.92 Å². The van der Waals surface area contributed by atoms with Crippen LogP contribution in [0.3, 0.4) is 0 Å². The van der Waals surface area contributed by atoms with Crippen molar-refractivity contribution in [1.29, 1.82) is 0 Å². The summed E-state index contributed by atoms with van der Waals surface area (Å²) >= 11 is 0. The number of nitrogens with zero attached hydrogens (tertiary/aromatic N) is 1. The van der Waals surface area contributed by atoms with Gasteiger partial charge in [-0.05, 0) is 29.7 Å². The number of rotatable bonds is 7. The Kier molecular flexibility index (Phi) is 7.29. The summed E-state index contributed by atoms with van der Waals surface area (Å²) in [5.74, 6) is 1.63. The second-order valence-corrected chi connectivity index (χ2v) is 5.90. The zero-order chi connectivity index (χ0) is 18.1. The second-order valence-electron chi connectivity index (χ2n) is 5.90. The van der Waals surface area contributed by atoms with Gasteiger partial charge in [0.15, 0.2) is 5.96 Å². The molecule has 2 rings (SSSR count). The molecule has 1 atom stereocenters. The Morgan fingerprint density at radius 2 is 1.92 bits per heavy atom. The molecule has 0 spiro atoms. The van der Waals surface area contributed by atoms with E-state index in [1.807, 2.05) is 49.4 Å². The van der Waals surface area contributed by atoms with Crippen LogP contribution in [0.15, 0.2) is 53.5 Å². The first-order valence-electron chi connectivity index (χ1n) is 8.41. The maximum Gasteiger partial charge on any atom is 0.191 e. The molecule has 134 valence electrons. The van der Waals surface area contributed by atoms with Crippen molar-refractivity contribution in [3.05, 3.63) is 65.2 Å². The van der Waals surface area contributed by atoms with Crippen LogP contribution >= 0.6 is 0 Å². The highest BCUT2D eigenvalue weighted by Gasteiger charge is 2.11. The molecule has 25 heavy (non-hydrogen) atoms. The van der Waals surface area contributed by atoms with Crippen molar-refractivity contribution >= 4 is 5.96 Å². The molecular formula is C20H27N3O2. The normalized spacial score (nSPS) is 12.6. The minimum atomic E-state index is 0.0305. The number of hydrogen-bond donors (Lipinski definition) is 3. The lowest BCUT2D eigenvalue weighted by molar-refractivity contribution is 0.265. The molecule has 0 heterocycles. The molecule has 0 aromatic heterocycles. The van der Waals surface area contributed by atoms with E-state index in [2.05, 4.69) is 21.7 Å². The molecule has 0 saturated carbocycles. The van der Waals surface area contributed by atoms with Gasteiger partial charge in [0.2, 0.25) is 0 Å². The van der Waals surface area contributed by atoms with Crippen LogP contribution in [0.25, 0.3) is 0 Å². The number of aliphatic imine (C=N–C) groups is 1. The van der Waals surface area contributed by atoms with Gasteiger partial charge in [-0.2, -0.15) is 0 Å². The largest absolute Gasteiger partial charge is 0.496 e. The van der Waals surface area contributed by atoms with Gasteiger partial charge in [-0.3, -0.25) is 4.99 Å². The molecule has 0 bridgehead atoms. The Labute approximate surface area is 149 Å². The van der Waals surface area contributed by atoms with E-state index in [1.54, 1.807) is 14.2 Å². The number of guanidine groups is 1. The molecule has 2 aromatic carbocycles. The van der Waals surface area contributed by atoms with Gasteiger partial charge in [0.25, 0.3) is 0 Å². The van der Waals surface area contributed by atoms with E-state index in [1.165, 1.54) is 0 Å². The van der Waals surface area contributed by atoms with Gasteiger partial charge in [-0.15, -0.1) is 0 Å². The smallest absolute Gasteiger partial charge is 0.191 e. The predicted octanol–water partition coefficient (Wildman–Crippen LogP) is 2.44. The molecule has 0 radical (unpaired) electrons. The minimum Gasteiger partial charge on any atom is -0.496 e. The molecule has 0 amide bonds. The van der Waals surface area contributed by atoms with Crippen LogP contribution in [-0.4, -0.2) is 38.4 Å². The van der Waals surface area contributed by atoms with Crippen molar-refractivity contribution in [1.82, 2.24) is 10.6 Å². The van der Waals surface area contributed by atoms with Crippen molar-refractivity contribution < 1.29 is 9.84 Å². The third-order valence-corrected chi connectivity index (χ3v) is 4.15. The lowest BCUT2D eigenvalue weighted by Crippen LogP contribution is -2.39. The number of ether oxygens (including phenoxy) is 1. The molecule has 0 aliphatic heterocycles. The van der Waals surface area contributed by atoms with Gasteiger partial charge in [0.1, 0.15) is 5.75 Å². The molecule has 0 aliphatic carbocycles. The van der Waals surface area contributed by atoms with Crippen molar-refractivity contribution in [2.45, 2.75) is 19.4 Å². The average molecular weight is 341 g/mol. The highest BCUT2D eigenvalue weighted by molar-refractivity contribution is 5.79. The Morgan fingerprint density at radius 1 is 1.16 bits per heavy atom. The highest BCUT2D eigenvalue weighted by Crippen LogP contribution is 2.18. The maximum atomic E-state index is 9.64. The van der Waals surface area contributed by atoms with Gasteiger partial charge < -0.3 is 20.5 Å². The van der Waals surface area contributed by atoms with Crippen molar-refractivity contribution in [3.8, 4) is 5.75 Å². The number of methoxy groups -OCH3 is 1. The zero-order valence-electron chi connectivity index (χ0n) is 15.1. The van der Waals surface area contributed by atoms with E-state index < -0.39 is 0 Å². The summed E-state index contributed by atoms with van der Waals surface area (Å²) in [4.78, 5) is 4.25. The van der Waals surface area contributed by atoms with Gasteiger partial charge in [-0.1, -0.05) is 42.5 Å². The Hall–Kier alpha value is -2.53. The SMILES string of the molecule is CN=C(NCc1ccc(OC)c(C)c1)NCC(CO)c1ccccc1. The first kappa shape index (κ1) is 18.8. The van der Waals surface area contributed by atoms with Gasteiger partial charge in [0.05, 0.1) is 13.7 Å². The van der Waals surface area contributed by atoms with Gasteiger partial charge in [-0.25, -0.2) is 0 Å². The summed E-state index contributed by atoms with van der Waals surface area (Å²) in [5.41, 5.74) is 3.37. The Morgan fingerprint density at radius 3 is 2.52 bits per heavy atom. The van der Waals surface area contributed by atoms with Crippen LogP contribution in [0.5, 0.6) is 5.75 Å². The summed E-state index contributed by atoms with van der Waals surface area (Å²) in [6.45, 7) is 3.40. The van der Waals surface area contributed by atoms with Crippen LogP contribution in [-0.2, 0) is 6.54 Å². The second kappa shape index (κ2) is 9.69. The molecule has 5 nitrogen and oxygen atoms in total. The number of aliphatic hydroxyl groups excluding tert-OH is 1. The molecule has 0 fully saturated rings. The van der Waals surface area contributed by atoms with Crippen LogP contribution < -0.4 is 15.4 Å². The van der Waals surface area contributed by atoms with Crippen molar-refractivity contribution in [2.24, 2.45) is 4.99 Å². The molecule has 0 aliphatic rings. The third-order valence-electron chi connectivity index (χ3n) is 4.15. The molecular weight excluding hydrogens is 314 g/mol. The van der Waals surface area contributed by atoms with Gasteiger partial charge >= 0.3 is 0 Å². The number of nitrogens with one attached hydrogen (secondary N) is 2. The molecule has 3 N–H and O–H groups in total. The quantitative estimate of drug-likeness (QED) is 0.535. The van der Waals surface area contributed by atoms with E-state index in [4.69, 9.17) is 4.74 Å². The fraction of sp³-hybridized carbons (Fsp3) is 0.350. The summed E-state index contributed by atoms with van der Waals surface area (Å²) in [6, 6.07) is 16.1. The molecule has 0 saturated heterocycles. The van der Waals surface area contributed by atoms with E-state index in [0.29, 0.717) is 19.0 Å². The van der Waals surface area contributed by atoms with E-state index in [9.17, 15) is 5.11 Å². The average Bonchev–Trinajstić information content (AvgIpc) is 2.65. The summed E-state index contributed by atoms with van der Waals surface area (Å²) in [7, 11) is 3.42. The van der Waals surface area contributed by atoms with E-state index in [-0.39, 0.29) is 12.5 Å². The zero-order valence-corrected chi connectivity index (χ0v) is 15.1. The van der Waals surface area contributed by atoms with Crippen molar-refractivity contribution in [2.75, 3.05) is 27.3 Å². The van der Waals surface area contributed by atoms with E-state index >= 15 is 0 Å². The van der Waals surface area contributed by atoms with Gasteiger partial charge in [0, 0.05) is 26.1 Å². The number of benzene rings is 2. The lowest BCUT2D eigenvalue weighted by Gasteiger charge is -2.18. The standard InChI is InChI=1S/C20H27N3O2/c1-15-11-16(9-10-19(15)25-3)12-22-20(21-2)23-13-18(14-24)17-7-5-4-6-8-17/h4-11,18,24H,12-14H2,1-3H3,(H2,21,22,23). The molecule has 5 heteroatoms. The number of aliphatic hydroxyl groups is 1. The predicted molar refractivity (Wildman–Crippen MR) is 102 cm³/mol. The lowest BCUT2D eigenvalue weighted by atomic mass is 10.0. The fourth-order valence-electron chi connectivity index (χ4n) is 2.69. The minimum absolute atomic E-state index is 0.0305. The fourth-order valence-corrected chi connectivity index (χ4v) is 2.69. The number of hydrogen-bond acceptors (Lipinski definition) is 3. The highest BCUT2D eigenvalue weighted by atomic mass is 16.5. The van der Waals surface area contributed by atoms with Crippen LogP contribution in [0.2, 0.25) is 0 Å². The van der Waals surface area contributed by atoms with Crippen LogP contribution in [0.1, 0.15) is 22.6 Å². The summed E-state index contributed by atoms with van der Waals surface area (Å²) in [6.07, 6.45) is 0. The topological polar surface area (TPSA) is 65.9 Å². The first-order chi connectivity index (χ1) is 12.2.